The molecule has 2 atom stereocenters. The molecule has 0 radical (unpaired) electrons. The van der Waals surface area contributed by atoms with Crippen LogP contribution in [0.3, 0.4) is 0 Å². The molecule has 1 aliphatic heterocycles. The van der Waals surface area contributed by atoms with Crippen molar-refractivity contribution in [1.82, 2.24) is 4.90 Å². The molecular weight excluding hydrogens is 564 g/mol. The maximum atomic E-state index is 14.2. The number of halogens is 4. The fraction of sp³-hybridized carbons (Fsp3) is 0.364. The van der Waals surface area contributed by atoms with Crippen LogP contribution in [0, 0.1) is 5.92 Å². The Kier molecular flexibility index (Phi) is 9.27. The number of aryl methyl sites for hydroxylation is 1. The van der Waals surface area contributed by atoms with Crippen LogP contribution in [-0.4, -0.2) is 40.9 Å². The molecule has 4 rings (SSSR count). The van der Waals surface area contributed by atoms with Crippen molar-refractivity contribution in [2.24, 2.45) is 5.92 Å². The van der Waals surface area contributed by atoms with Crippen molar-refractivity contribution in [2.45, 2.75) is 64.8 Å². The Hall–Kier alpha value is -4.21. The van der Waals surface area contributed by atoms with E-state index in [4.69, 9.17) is 4.74 Å². The summed E-state index contributed by atoms with van der Waals surface area (Å²) in [4.78, 5) is 38.8. The van der Waals surface area contributed by atoms with Crippen LogP contribution in [0.15, 0.2) is 83.9 Å². The van der Waals surface area contributed by atoms with Gasteiger partial charge in [-0.1, -0.05) is 43.3 Å². The lowest BCUT2D eigenvalue weighted by Gasteiger charge is -2.26. The minimum atomic E-state index is -4.63. The van der Waals surface area contributed by atoms with Crippen LogP contribution in [0.5, 0.6) is 0 Å². The molecule has 6 nitrogen and oxygen atoms in total. The molecule has 1 amide bonds. The van der Waals surface area contributed by atoms with Crippen molar-refractivity contribution in [3.8, 4) is 0 Å². The number of esters is 1. The number of carbonyl (C=O) groups excluding carboxylic acids is 3. The van der Waals surface area contributed by atoms with Crippen molar-refractivity contribution in [1.29, 1.82) is 0 Å². The fourth-order valence-electron chi connectivity index (χ4n) is 5.03. The van der Waals surface area contributed by atoms with Crippen molar-refractivity contribution in [2.75, 3.05) is 11.9 Å². The van der Waals surface area contributed by atoms with E-state index in [0.29, 0.717) is 29.8 Å². The summed E-state index contributed by atoms with van der Waals surface area (Å²) in [5.41, 5.74) is 2.29. The molecular formula is C33H34F4N2O4. The number of ether oxygens (including phenoxy) is 1. The minimum Gasteiger partial charge on any atom is -0.460 e. The number of rotatable bonds is 9. The molecule has 1 heterocycles. The number of alkyl halides is 3. The second kappa shape index (κ2) is 12.6. The van der Waals surface area contributed by atoms with Crippen LogP contribution >= 0.6 is 0 Å². The van der Waals surface area contributed by atoms with Crippen LogP contribution < -0.4 is 5.32 Å². The van der Waals surface area contributed by atoms with Crippen molar-refractivity contribution in [3.63, 3.8) is 0 Å². The van der Waals surface area contributed by atoms with E-state index in [1.54, 1.807) is 74.3 Å². The van der Waals surface area contributed by atoms with Gasteiger partial charge in [-0.15, -0.1) is 0 Å². The largest absolute Gasteiger partial charge is 0.460 e. The van der Waals surface area contributed by atoms with Crippen molar-refractivity contribution >= 4 is 23.3 Å². The number of allylic oxidation sites excluding steroid dienone is 3. The Morgan fingerprint density at radius 3 is 2.37 bits per heavy atom. The van der Waals surface area contributed by atoms with Gasteiger partial charge in [0.2, 0.25) is 11.7 Å². The molecule has 2 aromatic rings. The van der Waals surface area contributed by atoms with Crippen molar-refractivity contribution in [3.05, 3.63) is 101 Å². The molecule has 1 N–H and O–H groups in total. The van der Waals surface area contributed by atoms with Gasteiger partial charge in [-0.05, 0) is 73.7 Å². The second-order valence-corrected chi connectivity index (χ2v) is 11.8. The van der Waals surface area contributed by atoms with Gasteiger partial charge in [-0.2, -0.15) is 13.2 Å². The summed E-state index contributed by atoms with van der Waals surface area (Å²) in [6.07, 6.45) is 0.294. The summed E-state index contributed by atoms with van der Waals surface area (Å²) >= 11 is 0. The monoisotopic (exact) mass is 598 g/mol. The average molecular weight is 599 g/mol. The number of hydrogen-bond acceptors (Lipinski definition) is 5. The standard InChI is InChI=1S/C33H34F4N2O4/c1-20(33(35,36)37)29(31(42)38-25-7-5-6-21(16-25)10-15-28(41)43-32(2,3)4)23-11-8-22(9-12-23)17-39-18-24-13-14-27(40)30(34)26(24)19-39/h5-9,11-14,16,18,20,29H,10,15,17,19H2,1-4H3,(H,38,42). The third-order valence-electron chi connectivity index (χ3n) is 7.18. The number of ketones is 1. The van der Waals surface area contributed by atoms with Crippen LogP contribution in [0.1, 0.15) is 56.7 Å². The van der Waals surface area contributed by atoms with Gasteiger partial charge in [-0.3, -0.25) is 14.4 Å². The summed E-state index contributed by atoms with van der Waals surface area (Å²) in [6, 6.07) is 12.9. The Bertz CT molecular complexity index is 1480. The van der Waals surface area contributed by atoms with E-state index in [1.807, 2.05) is 0 Å². The molecule has 0 saturated heterocycles. The first kappa shape index (κ1) is 31.7. The topological polar surface area (TPSA) is 75.7 Å². The van der Waals surface area contributed by atoms with E-state index >= 15 is 0 Å². The molecule has 2 aliphatic rings. The Balaban J connectivity index is 1.46. The first-order chi connectivity index (χ1) is 20.1. The van der Waals surface area contributed by atoms with Crippen LogP contribution in [0.25, 0.3) is 0 Å². The summed E-state index contributed by atoms with van der Waals surface area (Å²) in [6.45, 7) is 6.82. The number of carbonyl (C=O) groups is 3. The van der Waals surface area contributed by atoms with Gasteiger partial charge in [0.25, 0.3) is 0 Å². The predicted molar refractivity (Wildman–Crippen MR) is 154 cm³/mol. The van der Waals surface area contributed by atoms with E-state index in [9.17, 15) is 31.9 Å². The molecule has 10 heteroatoms. The number of anilines is 1. The number of hydrogen-bond donors (Lipinski definition) is 1. The lowest BCUT2D eigenvalue weighted by molar-refractivity contribution is -0.178. The third-order valence-corrected chi connectivity index (χ3v) is 7.18. The maximum absolute atomic E-state index is 14.2. The summed E-state index contributed by atoms with van der Waals surface area (Å²) in [5, 5.41) is 2.62. The summed E-state index contributed by atoms with van der Waals surface area (Å²) in [5.74, 6) is -6.13. The summed E-state index contributed by atoms with van der Waals surface area (Å²) < 4.78 is 61.2. The average Bonchev–Trinajstić information content (AvgIpc) is 3.33. The van der Waals surface area contributed by atoms with E-state index in [1.165, 1.54) is 18.2 Å². The highest BCUT2D eigenvalue weighted by atomic mass is 19.4. The molecule has 228 valence electrons. The Labute approximate surface area is 248 Å². The number of nitrogens with zero attached hydrogens (tertiary/aromatic N) is 1. The molecule has 0 fully saturated rings. The number of fused-ring (bicyclic) bond motifs is 1. The van der Waals surface area contributed by atoms with E-state index in [0.717, 1.165) is 18.1 Å². The summed E-state index contributed by atoms with van der Waals surface area (Å²) in [7, 11) is 0. The smallest absolute Gasteiger partial charge is 0.392 e. The third kappa shape index (κ3) is 8.21. The fourth-order valence-corrected chi connectivity index (χ4v) is 5.03. The molecule has 0 aromatic heterocycles. The number of amides is 1. The number of nitrogens with one attached hydrogen (secondary N) is 1. The van der Waals surface area contributed by atoms with Gasteiger partial charge in [0.15, 0.2) is 5.83 Å². The lowest BCUT2D eigenvalue weighted by atomic mass is 9.85. The lowest BCUT2D eigenvalue weighted by Crippen LogP contribution is -2.34. The highest BCUT2D eigenvalue weighted by molar-refractivity contribution is 6.05. The second-order valence-electron chi connectivity index (χ2n) is 11.8. The zero-order chi connectivity index (χ0) is 31.5. The van der Waals surface area contributed by atoms with Crippen molar-refractivity contribution < 1.29 is 36.7 Å². The molecule has 2 unspecified atom stereocenters. The van der Waals surface area contributed by atoms with Crippen LogP contribution in [-0.2, 0) is 32.1 Å². The van der Waals surface area contributed by atoms with E-state index in [2.05, 4.69) is 5.32 Å². The molecule has 0 spiro atoms. The normalized spacial score (nSPS) is 16.5. The van der Waals surface area contributed by atoms with Gasteiger partial charge in [0.05, 0.1) is 11.8 Å². The molecule has 43 heavy (non-hydrogen) atoms. The Morgan fingerprint density at radius 2 is 1.72 bits per heavy atom. The number of benzene rings is 2. The predicted octanol–water partition coefficient (Wildman–Crippen LogP) is 6.94. The van der Waals surface area contributed by atoms with Gasteiger partial charge >= 0.3 is 12.1 Å². The Morgan fingerprint density at radius 1 is 1.02 bits per heavy atom. The van der Waals surface area contributed by atoms with Crippen LogP contribution in [0.4, 0.5) is 23.2 Å². The molecule has 1 aliphatic carbocycles. The zero-order valence-corrected chi connectivity index (χ0v) is 24.4. The first-order valence-electron chi connectivity index (χ1n) is 14.0. The first-order valence-corrected chi connectivity index (χ1v) is 14.0. The highest BCUT2D eigenvalue weighted by Crippen LogP contribution is 2.38. The maximum Gasteiger partial charge on any atom is 0.392 e. The van der Waals surface area contributed by atoms with Gasteiger partial charge < -0.3 is 15.0 Å². The van der Waals surface area contributed by atoms with Gasteiger partial charge in [0, 0.05) is 37.0 Å². The highest BCUT2D eigenvalue weighted by Gasteiger charge is 2.45. The zero-order valence-electron chi connectivity index (χ0n) is 24.4. The molecule has 0 bridgehead atoms. The molecule has 0 saturated carbocycles. The van der Waals surface area contributed by atoms with Gasteiger partial charge in [-0.25, -0.2) is 4.39 Å². The van der Waals surface area contributed by atoms with E-state index in [-0.39, 0.29) is 24.5 Å². The van der Waals surface area contributed by atoms with Crippen LogP contribution in [0.2, 0.25) is 0 Å². The van der Waals surface area contributed by atoms with E-state index < -0.39 is 41.1 Å². The quantitative estimate of drug-likeness (QED) is 0.250. The minimum absolute atomic E-state index is 0.116. The molecule has 2 aromatic carbocycles. The SMILES string of the molecule is CC(C(C(=O)Nc1cccc(CCC(=O)OC(C)(C)C)c1)c1ccc(CN2C=C3C=CC(=O)C(F)=C3C2)cc1)C(F)(F)F. The van der Waals surface area contributed by atoms with Gasteiger partial charge in [0.1, 0.15) is 5.60 Å².